The first-order valence-corrected chi connectivity index (χ1v) is 7.78. The highest BCUT2D eigenvalue weighted by Crippen LogP contribution is 2.39. The van der Waals surface area contributed by atoms with Gasteiger partial charge in [0.2, 0.25) is 0 Å². The fraction of sp³-hybridized carbons (Fsp3) is 0.625. The van der Waals surface area contributed by atoms with E-state index in [0.717, 1.165) is 39.5 Å². The highest BCUT2D eigenvalue weighted by Gasteiger charge is 2.30. The lowest BCUT2D eigenvalue weighted by atomic mass is 10.0. The normalized spacial score (nSPS) is 19.8. The molecule has 1 aromatic rings. The van der Waals surface area contributed by atoms with E-state index in [0.29, 0.717) is 36.8 Å². The highest BCUT2D eigenvalue weighted by atomic mass is 19.3. The van der Waals surface area contributed by atoms with Gasteiger partial charge >= 0.3 is 0 Å². The number of halogens is 2. The van der Waals surface area contributed by atoms with E-state index in [2.05, 4.69) is 10.2 Å². The van der Waals surface area contributed by atoms with Crippen molar-refractivity contribution in [3.05, 3.63) is 23.3 Å². The summed E-state index contributed by atoms with van der Waals surface area (Å²) >= 11 is 0. The minimum Gasteiger partial charge on any atom is -0.490 e. The van der Waals surface area contributed by atoms with Crippen LogP contribution in [0.25, 0.3) is 0 Å². The third-order valence-electron chi connectivity index (χ3n) is 4.05. The topological polar surface area (TPSA) is 33.7 Å². The van der Waals surface area contributed by atoms with Crippen molar-refractivity contribution in [2.45, 2.75) is 25.8 Å². The average molecular weight is 312 g/mol. The molecule has 122 valence electrons. The summed E-state index contributed by atoms with van der Waals surface area (Å²) in [5.41, 5.74) is 0.661. The Bertz CT molecular complexity index is 526. The zero-order valence-corrected chi connectivity index (χ0v) is 12.8. The number of hydrogen-bond donors (Lipinski definition) is 1. The molecule has 22 heavy (non-hydrogen) atoms. The van der Waals surface area contributed by atoms with Crippen LogP contribution in [0, 0.1) is 0 Å². The lowest BCUT2D eigenvalue weighted by molar-refractivity contribution is 0.0154. The van der Waals surface area contributed by atoms with E-state index < -0.39 is 5.92 Å². The van der Waals surface area contributed by atoms with E-state index in [1.54, 1.807) is 6.07 Å². The number of fused-ring (bicyclic) bond motifs is 1. The van der Waals surface area contributed by atoms with E-state index in [-0.39, 0.29) is 5.56 Å². The minimum atomic E-state index is -2.89. The van der Waals surface area contributed by atoms with Crippen molar-refractivity contribution in [3.8, 4) is 11.5 Å². The molecule has 0 unspecified atom stereocenters. The van der Waals surface area contributed by atoms with Gasteiger partial charge in [0.25, 0.3) is 5.92 Å². The van der Waals surface area contributed by atoms with Crippen molar-refractivity contribution in [2.75, 3.05) is 39.4 Å². The van der Waals surface area contributed by atoms with Gasteiger partial charge in [-0.3, -0.25) is 4.90 Å². The molecular weight excluding hydrogens is 290 g/mol. The fourth-order valence-electron chi connectivity index (χ4n) is 2.90. The van der Waals surface area contributed by atoms with Crippen LogP contribution in [0.2, 0.25) is 0 Å². The Kier molecular flexibility index (Phi) is 4.49. The number of hydrogen-bond acceptors (Lipinski definition) is 4. The van der Waals surface area contributed by atoms with Crippen LogP contribution in [-0.2, 0) is 12.5 Å². The highest BCUT2D eigenvalue weighted by molar-refractivity contribution is 5.49. The quantitative estimate of drug-likeness (QED) is 0.929. The Morgan fingerprint density at radius 2 is 1.77 bits per heavy atom. The van der Waals surface area contributed by atoms with Crippen LogP contribution >= 0.6 is 0 Å². The molecular formula is C16H22F2N2O2. The van der Waals surface area contributed by atoms with Crippen LogP contribution in [-0.4, -0.2) is 44.3 Å². The second-order valence-corrected chi connectivity index (χ2v) is 5.92. The van der Waals surface area contributed by atoms with Gasteiger partial charge in [0, 0.05) is 51.6 Å². The second kappa shape index (κ2) is 6.38. The lowest BCUT2D eigenvalue weighted by Crippen LogP contribution is -2.43. The van der Waals surface area contributed by atoms with Gasteiger partial charge in [0.15, 0.2) is 11.5 Å². The largest absolute Gasteiger partial charge is 0.490 e. The number of ether oxygens (including phenoxy) is 2. The molecule has 4 nitrogen and oxygen atoms in total. The van der Waals surface area contributed by atoms with Crippen molar-refractivity contribution in [3.63, 3.8) is 0 Å². The fourth-order valence-corrected chi connectivity index (χ4v) is 2.90. The predicted octanol–water partition coefficient (Wildman–Crippen LogP) is 2.36. The summed E-state index contributed by atoms with van der Waals surface area (Å²) in [5.74, 6) is -1.89. The Morgan fingerprint density at radius 1 is 1.14 bits per heavy atom. The maximum absolute atomic E-state index is 14.0. The maximum Gasteiger partial charge on any atom is 0.270 e. The Hall–Kier alpha value is -1.40. The molecule has 0 bridgehead atoms. The Labute approximate surface area is 129 Å². The molecule has 2 aliphatic heterocycles. The second-order valence-electron chi connectivity index (χ2n) is 5.92. The monoisotopic (exact) mass is 312 g/mol. The summed E-state index contributed by atoms with van der Waals surface area (Å²) in [6.07, 6.45) is 0.764. The molecule has 2 heterocycles. The predicted molar refractivity (Wildman–Crippen MR) is 79.8 cm³/mol. The first-order chi connectivity index (χ1) is 10.5. The lowest BCUT2D eigenvalue weighted by Gasteiger charge is -2.29. The summed E-state index contributed by atoms with van der Waals surface area (Å²) < 4.78 is 39.2. The zero-order valence-electron chi connectivity index (χ0n) is 12.8. The average Bonchev–Trinajstić information content (AvgIpc) is 2.71. The van der Waals surface area contributed by atoms with Crippen LogP contribution < -0.4 is 14.8 Å². The summed E-state index contributed by atoms with van der Waals surface area (Å²) in [7, 11) is 0. The molecule has 0 amide bonds. The molecule has 1 N–H and O–H groups in total. The smallest absolute Gasteiger partial charge is 0.270 e. The standard InChI is InChI=1S/C16H22F2N2O2/c1-16(17,18)13-10-15-14(21-7-2-8-22-15)9-12(13)11-20-5-3-19-4-6-20/h9-10,19H,2-8,11H2,1H3. The molecule has 0 atom stereocenters. The summed E-state index contributed by atoms with van der Waals surface area (Å²) in [6.45, 7) is 6.02. The molecule has 0 saturated carbocycles. The van der Waals surface area contributed by atoms with Gasteiger partial charge in [-0.2, -0.15) is 0 Å². The summed E-state index contributed by atoms with van der Waals surface area (Å²) in [5, 5.41) is 3.27. The van der Waals surface area contributed by atoms with Crippen molar-refractivity contribution in [2.24, 2.45) is 0 Å². The summed E-state index contributed by atoms with van der Waals surface area (Å²) in [6, 6.07) is 3.19. The maximum atomic E-state index is 14.0. The van der Waals surface area contributed by atoms with Crippen LogP contribution in [0.15, 0.2) is 12.1 Å². The van der Waals surface area contributed by atoms with Crippen LogP contribution in [0.5, 0.6) is 11.5 Å². The van der Waals surface area contributed by atoms with Crippen molar-refractivity contribution in [1.82, 2.24) is 10.2 Å². The molecule has 0 aromatic heterocycles. The van der Waals surface area contributed by atoms with Gasteiger partial charge in [-0.1, -0.05) is 0 Å². The van der Waals surface area contributed by atoms with Crippen molar-refractivity contribution in [1.29, 1.82) is 0 Å². The van der Waals surface area contributed by atoms with Crippen LogP contribution in [0.4, 0.5) is 8.78 Å². The third-order valence-corrected chi connectivity index (χ3v) is 4.05. The van der Waals surface area contributed by atoms with Gasteiger partial charge in [0.05, 0.1) is 13.2 Å². The molecule has 3 rings (SSSR count). The van der Waals surface area contributed by atoms with Gasteiger partial charge < -0.3 is 14.8 Å². The van der Waals surface area contributed by atoms with Gasteiger partial charge in [0.1, 0.15) is 0 Å². The zero-order chi connectivity index (χ0) is 15.6. The SMILES string of the molecule is CC(F)(F)c1cc2c(cc1CN1CCNCC1)OCCCO2. The van der Waals surface area contributed by atoms with Crippen molar-refractivity contribution < 1.29 is 18.3 Å². The third kappa shape index (κ3) is 3.50. The molecule has 6 heteroatoms. The molecule has 1 aromatic carbocycles. The Balaban J connectivity index is 1.93. The number of piperazine rings is 1. The molecule has 0 spiro atoms. The van der Waals surface area contributed by atoms with E-state index >= 15 is 0 Å². The van der Waals surface area contributed by atoms with E-state index in [1.807, 2.05) is 0 Å². The number of benzene rings is 1. The molecule has 0 radical (unpaired) electrons. The molecule has 2 aliphatic rings. The van der Waals surface area contributed by atoms with Crippen LogP contribution in [0.3, 0.4) is 0 Å². The first-order valence-electron chi connectivity index (χ1n) is 7.78. The Morgan fingerprint density at radius 3 is 2.41 bits per heavy atom. The summed E-state index contributed by atoms with van der Waals surface area (Å²) in [4.78, 5) is 2.19. The van der Waals surface area contributed by atoms with E-state index in [9.17, 15) is 8.78 Å². The van der Waals surface area contributed by atoms with Crippen LogP contribution in [0.1, 0.15) is 24.5 Å². The van der Waals surface area contributed by atoms with Crippen molar-refractivity contribution >= 4 is 0 Å². The van der Waals surface area contributed by atoms with Gasteiger partial charge in [-0.25, -0.2) is 8.78 Å². The number of rotatable bonds is 3. The first kappa shape index (κ1) is 15.5. The number of nitrogens with zero attached hydrogens (tertiary/aromatic N) is 1. The number of alkyl halides is 2. The van der Waals surface area contributed by atoms with E-state index in [4.69, 9.17) is 9.47 Å². The number of nitrogens with one attached hydrogen (secondary N) is 1. The van der Waals surface area contributed by atoms with E-state index in [1.165, 1.54) is 6.07 Å². The van der Waals surface area contributed by atoms with Gasteiger partial charge in [-0.15, -0.1) is 0 Å². The van der Waals surface area contributed by atoms with Gasteiger partial charge in [-0.05, 0) is 17.7 Å². The molecule has 1 fully saturated rings. The minimum absolute atomic E-state index is 0.0373. The molecule has 1 saturated heterocycles. The molecule has 0 aliphatic carbocycles.